The molecule has 2 N–H and O–H groups in total. The Kier molecular flexibility index (Phi) is 10.9. The summed E-state index contributed by atoms with van der Waals surface area (Å²) in [6, 6.07) is 10.9. The van der Waals surface area contributed by atoms with E-state index in [1.807, 2.05) is 6.26 Å². The van der Waals surface area contributed by atoms with Gasteiger partial charge in [0.05, 0.1) is 22.8 Å². The summed E-state index contributed by atoms with van der Waals surface area (Å²) in [7, 11) is -3.65. The van der Waals surface area contributed by atoms with Crippen molar-refractivity contribution in [2.24, 2.45) is 11.8 Å². The number of nitrogens with zero attached hydrogens (tertiary/aromatic N) is 1. The smallest absolute Gasteiger partial charge is 0.352 e. The lowest BCUT2D eigenvalue weighted by Crippen LogP contribution is -2.53. The highest BCUT2D eigenvalue weighted by atomic mass is 32.2. The van der Waals surface area contributed by atoms with Crippen molar-refractivity contribution in [1.29, 1.82) is 0 Å². The Labute approximate surface area is 256 Å². The third-order valence-corrected chi connectivity index (χ3v) is 10.9. The van der Waals surface area contributed by atoms with Crippen molar-refractivity contribution in [2.75, 3.05) is 25.1 Å². The van der Waals surface area contributed by atoms with Crippen LogP contribution in [0.25, 0.3) is 0 Å². The van der Waals surface area contributed by atoms with Gasteiger partial charge in [0.1, 0.15) is 0 Å². The van der Waals surface area contributed by atoms with Crippen LogP contribution in [0.15, 0.2) is 58.3 Å². The topological polar surface area (TPSA) is 95.6 Å². The Morgan fingerprint density at radius 3 is 2.35 bits per heavy atom. The third-order valence-electron chi connectivity index (χ3n) is 8.31. The van der Waals surface area contributed by atoms with Gasteiger partial charge in [0.2, 0.25) is 5.91 Å². The molecule has 2 fully saturated rings. The molecule has 0 bridgehead atoms. The van der Waals surface area contributed by atoms with Gasteiger partial charge in [-0.05, 0) is 107 Å². The highest BCUT2D eigenvalue weighted by Crippen LogP contribution is 2.36. The summed E-state index contributed by atoms with van der Waals surface area (Å²) in [4.78, 5) is 29.1. The number of amides is 2. The number of thioether (sulfide) groups is 1. The van der Waals surface area contributed by atoms with E-state index in [9.17, 15) is 31.2 Å². The first-order valence-corrected chi connectivity index (χ1v) is 17.5. The summed E-state index contributed by atoms with van der Waals surface area (Å²) in [5.74, 6) is -1.12. The maximum absolute atomic E-state index is 13.5. The lowest BCUT2D eigenvalue weighted by atomic mass is 9.81. The lowest BCUT2D eigenvalue weighted by molar-refractivity contribution is -0.137. The predicted octanol–water partition coefficient (Wildman–Crippen LogP) is 5.40. The van der Waals surface area contributed by atoms with Crippen molar-refractivity contribution in [2.45, 2.75) is 80.0 Å². The molecule has 4 rings (SSSR count). The fourth-order valence-corrected chi connectivity index (χ4v) is 7.90. The number of sulfone groups is 1. The molecule has 12 heteroatoms. The third kappa shape index (κ3) is 9.21. The number of alkyl halides is 3. The van der Waals surface area contributed by atoms with Crippen molar-refractivity contribution in [3.63, 3.8) is 0 Å². The van der Waals surface area contributed by atoms with Crippen LogP contribution in [-0.2, 0) is 20.8 Å². The normalized spacial score (nSPS) is 21.2. The van der Waals surface area contributed by atoms with Gasteiger partial charge >= 0.3 is 6.18 Å². The largest absolute Gasteiger partial charge is 0.416 e. The molecule has 2 aromatic rings. The number of carbonyl (C=O) groups excluding carboxylic acids is 2. The van der Waals surface area contributed by atoms with Crippen LogP contribution in [-0.4, -0.2) is 68.4 Å². The summed E-state index contributed by atoms with van der Waals surface area (Å²) in [5.41, 5.74) is -1.16. The lowest BCUT2D eigenvalue weighted by Gasteiger charge is -2.43. The molecule has 2 aliphatic carbocycles. The van der Waals surface area contributed by atoms with E-state index in [4.69, 9.17) is 0 Å². The monoisotopic (exact) mass is 639 g/mol. The van der Waals surface area contributed by atoms with Crippen LogP contribution < -0.4 is 10.6 Å². The molecule has 3 atom stereocenters. The van der Waals surface area contributed by atoms with Gasteiger partial charge in [-0.3, -0.25) is 14.5 Å². The van der Waals surface area contributed by atoms with Crippen LogP contribution in [0.5, 0.6) is 0 Å². The molecule has 0 radical (unpaired) electrons. The molecule has 0 spiro atoms. The molecule has 2 amide bonds. The average Bonchev–Trinajstić information content (AvgIpc) is 3.79. The number of carbonyl (C=O) groups is 2. The fraction of sp³-hybridized carbons (Fsp3) is 0.548. The molecule has 2 aliphatic rings. The van der Waals surface area contributed by atoms with Gasteiger partial charge in [0.15, 0.2) is 9.84 Å². The summed E-state index contributed by atoms with van der Waals surface area (Å²) in [6.07, 6.45) is 1.73. The van der Waals surface area contributed by atoms with E-state index in [1.165, 1.54) is 30.7 Å². The minimum atomic E-state index is -4.59. The number of nitrogens with one attached hydrogen (secondary N) is 2. The van der Waals surface area contributed by atoms with Crippen LogP contribution in [0.1, 0.15) is 61.9 Å². The molecular formula is C31H40F3N3O4S2. The van der Waals surface area contributed by atoms with Gasteiger partial charge in [0, 0.05) is 35.1 Å². The summed E-state index contributed by atoms with van der Waals surface area (Å²) in [5, 5.41) is 5.32. The van der Waals surface area contributed by atoms with E-state index in [0.717, 1.165) is 36.1 Å². The minimum Gasteiger partial charge on any atom is -0.352 e. The molecular weight excluding hydrogens is 599 g/mol. The number of hydrogen-bond donors (Lipinski definition) is 2. The first kappa shape index (κ1) is 33.3. The molecule has 43 heavy (non-hydrogen) atoms. The van der Waals surface area contributed by atoms with Crippen LogP contribution in [0.2, 0.25) is 0 Å². The van der Waals surface area contributed by atoms with E-state index < -0.39 is 46.0 Å². The number of rotatable bonds is 12. The van der Waals surface area contributed by atoms with Crippen molar-refractivity contribution in [3.8, 4) is 0 Å². The molecule has 0 heterocycles. The second-order valence-electron chi connectivity index (χ2n) is 11.9. The van der Waals surface area contributed by atoms with E-state index in [1.54, 1.807) is 24.3 Å². The molecule has 0 saturated heterocycles. The van der Waals surface area contributed by atoms with E-state index >= 15 is 0 Å². The van der Waals surface area contributed by atoms with Gasteiger partial charge in [-0.25, -0.2) is 8.42 Å². The van der Waals surface area contributed by atoms with Gasteiger partial charge in [-0.15, -0.1) is 11.8 Å². The van der Waals surface area contributed by atoms with E-state index in [2.05, 4.69) is 29.4 Å². The SMILES string of the molecule is CSc1ccc(S(=O)(=O)CC2CC(N(CC3CC3)C(C)C)CCC2NC(=O)CNC(=O)c2cccc(C(F)(F)F)c2)cc1. The zero-order chi connectivity index (χ0) is 31.4. The molecule has 2 aromatic carbocycles. The molecule has 3 unspecified atom stereocenters. The fourth-order valence-electron chi connectivity index (χ4n) is 5.81. The van der Waals surface area contributed by atoms with Gasteiger partial charge < -0.3 is 10.6 Å². The van der Waals surface area contributed by atoms with Crippen LogP contribution in [0.4, 0.5) is 13.2 Å². The Balaban J connectivity index is 1.45. The maximum Gasteiger partial charge on any atom is 0.416 e. The van der Waals surface area contributed by atoms with Crippen molar-refractivity contribution in [3.05, 3.63) is 59.7 Å². The molecule has 0 aromatic heterocycles. The standard InChI is InChI=1S/C31H40F3N3O4S2/c1-20(2)37(18-21-7-8-21)25-9-14-28(23(16-25)19-43(40,41)27-12-10-26(42-3)11-13-27)36-29(38)17-35-30(39)22-5-4-6-24(15-22)31(32,33)34/h4-6,10-13,15,20-21,23,25,28H,7-9,14,16-19H2,1-3H3,(H,35,39)(H,36,38). The Hall–Kier alpha value is -2.57. The minimum absolute atomic E-state index is 0.126. The zero-order valence-electron chi connectivity index (χ0n) is 24.7. The van der Waals surface area contributed by atoms with Crippen molar-refractivity contribution < 1.29 is 31.2 Å². The summed E-state index contributed by atoms with van der Waals surface area (Å²) in [6.45, 7) is 4.85. The maximum atomic E-state index is 13.5. The molecule has 0 aliphatic heterocycles. The Morgan fingerprint density at radius 1 is 1.05 bits per heavy atom. The van der Waals surface area contributed by atoms with E-state index in [-0.39, 0.29) is 28.2 Å². The summed E-state index contributed by atoms with van der Waals surface area (Å²) >= 11 is 1.53. The number of benzene rings is 2. The number of halogens is 3. The predicted molar refractivity (Wildman–Crippen MR) is 162 cm³/mol. The van der Waals surface area contributed by atoms with Gasteiger partial charge in [-0.1, -0.05) is 6.07 Å². The first-order chi connectivity index (χ1) is 20.3. The first-order valence-electron chi connectivity index (χ1n) is 14.6. The number of hydrogen-bond acceptors (Lipinski definition) is 6. The van der Waals surface area contributed by atoms with Crippen molar-refractivity contribution >= 4 is 33.4 Å². The van der Waals surface area contributed by atoms with Crippen LogP contribution in [0.3, 0.4) is 0 Å². The second-order valence-corrected chi connectivity index (χ2v) is 14.8. The molecule has 236 valence electrons. The highest BCUT2D eigenvalue weighted by Gasteiger charge is 2.39. The molecule has 7 nitrogen and oxygen atoms in total. The average molecular weight is 640 g/mol. The van der Waals surface area contributed by atoms with Crippen molar-refractivity contribution in [1.82, 2.24) is 15.5 Å². The summed E-state index contributed by atoms with van der Waals surface area (Å²) < 4.78 is 66.2. The quantitative estimate of drug-likeness (QED) is 0.302. The van der Waals surface area contributed by atoms with Crippen LogP contribution >= 0.6 is 11.8 Å². The van der Waals surface area contributed by atoms with Gasteiger partial charge in [0.25, 0.3) is 5.91 Å². The molecule has 2 saturated carbocycles. The Bertz CT molecular complexity index is 1380. The zero-order valence-corrected chi connectivity index (χ0v) is 26.3. The van der Waals surface area contributed by atoms with Crippen LogP contribution in [0, 0.1) is 11.8 Å². The highest BCUT2D eigenvalue weighted by molar-refractivity contribution is 7.98. The van der Waals surface area contributed by atoms with E-state index in [0.29, 0.717) is 24.8 Å². The Morgan fingerprint density at radius 2 is 1.74 bits per heavy atom. The van der Waals surface area contributed by atoms with Gasteiger partial charge in [-0.2, -0.15) is 13.2 Å². The second kappa shape index (κ2) is 14.0.